The zero-order valence-corrected chi connectivity index (χ0v) is 11.0. The molecule has 0 radical (unpaired) electrons. The minimum atomic E-state index is -0.720. The lowest BCUT2D eigenvalue weighted by Crippen LogP contribution is -2.07. The second kappa shape index (κ2) is 5.88. The van der Waals surface area contributed by atoms with Gasteiger partial charge in [0.1, 0.15) is 18.2 Å². The maximum Gasteiger partial charge on any atom is 0.338 e. The van der Waals surface area contributed by atoms with E-state index in [0.29, 0.717) is 5.69 Å². The molecule has 2 aromatic rings. The lowest BCUT2D eigenvalue weighted by molar-refractivity contribution is 0.0468. The number of carbonyl (C=O) groups is 1. The molecule has 6 heteroatoms. The maximum atomic E-state index is 13.4. The number of hydrogen-bond acceptors (Lipinski definition) is 3. The molecule has 0 aromatic heterocycles. The fourth-order valence-corrected chi connectivity index (χ4v) is 1.85. The number of ether oxygens (including phenoxy) is 1. The first kappa shape index (κ1) is 14.3. The van der Waals surface area contributed by atoms with Gasteiger partial charge in [0.2, 0.25) is 0 Å². The SMILES string of the molecule is Nc1cc(Cl)cc(C(=O)OCc2cc(F)ccc2F)c1. The molecule has 0 heterocycles. The average Bonchev–Trinajstić information content (AvgIpc) is 2.38. The summed E-state index contributed by atoms with van der Waals surface area (Å²) in [5, 5.41) is 0.286. The summed E-state index contributed by atoms with van der Waals surface area (Å²) in [7, 11) is 0. The predicted octanol–water partition coefficient (Wildman–Crippen LogP) is 3.56. The molecule has 0 atom stereocenters. The number of nitrogen functional groups attached to an aromatic ring is 1. The molecule has 2 rings (SSSR count). The fourth-order valence-electron chi connectivity index (χ4n) is 1.61. The standard InChI is InChI=1S/C14H10ClF2NO2/c15-10-3-8(5-12(18)6-10)14(19)20-7-9-4-11(16)1-2-13(9)17/h1-6H,7,18H2. The first-order chi connectivity index (χ1) is 9.45. The topological polar surface area (TPSA) is 52.3 Å². The molecule has 0 aliphatic heterocycles. The Kier molecular flexibility index (Phi) is 4.20. The molecule has 0 unspecified atom stereocenters. The average molecular weight is 298 g/mol. The predicted molar refractivity (Wildman–Crippen MR) is 71.3 cm³/mol. The van der Waals surface area contributed by atoms with Crippen molar-refractivity contribution >= 4 is 23.3 Å². The highest BCUT2D eigenvalue weighted by Crippen LogP contribution is 2.18. The number of carbonyl (C=O) groups excluding carboxylic acids is 1. The monoisotopic (exact) mass is 297 g/mol. The normalized spacial score (nSPS) is 10.3. The van der Waals surface area contributed by atoms with Crippen molar-refractivity contribution in [3.63, 3.8) is 0 Å². The molecule has 0 saturated heterocycles. The largest absolute Gasteiger partial charge is 0.457 e. The molecule has 2 N–H and O–H groups in total. The molecule has 0 spiro atoms. The number of esters is 1. The van der Waals surface area contributed by atoms with Crippen LogP contribution >= 0.6 is 11.6 Å². The lowest BCUT2D eigenvalue weighted by Gasteiger charge is -2.07. The molecule has 0 bridgehead atoms. The van der Waals surface area contributed by atoms with E-state index < -0.39 is 17.6 Å². The third-order valence-electron chi connectivity index (χ3n) is 2.52. The van der Waals surface area contributed by atoms with Crippen molar-refractivity contribution in [1.82, 2.24) is 0 Å². The summed E-state index contributed by atoms with van der Waals surface area (Å²) in [6, 6.07) is 7.16. The summed E-state index contributed by atoms with van der Waals surface area (Å²) in [6.45, 7) is -0.380. The van der Waals surface area contributed by atoms with E-state index in [2.05, 4.69) is 0 Å². The Balaban J connectivity index is 2.10. The van der Waals surface area contributed by atoms with Crippen LogP contribution in [-0.2, 0) is 11.3 Å². The highest BCUT2D eigenvalue weighted by atomic mass is 35.5. The van der Waals surface area contributed by atoms with Crippen LogP contribution in [0.5, 0.6) is 0 Å². The van der Waals surface area contributed by atoms with Gasteiger partial charge in [0, 0.05) is 16.3 Å². The highest BCUT2D eigenvalue weighted by Gasteiger charge is 2.11. The summed E-state index contributed by atoms with van der Waals surface area (Å²) in [5.41, 5.74) is 5.95. The Labute approximate surface area is 118 Å². The van der Waals surface area contributed by atoms with E-state index in [0.717, 1.165) is 18.2 Å². The van der Waals surface area contributed by atoms with Crippen LogP contribution in [0.2, 0.25) is 5.02 Å². The molecule has 20 heavy (non-hydrogen) atoms. The van der Waals surface area contributed by atoms with Crippen LogP contribution < -0.4 is 5.73 Å². The second-order valence-electron chi connectivity index (χ2n) is 4.09. The van der Waals surface area contributed by atoms with Crippen LogP contribution in [0.25, 0.3) is 0 Å². The van der Waals surface area contributed by atoms with Gasteiger partial charge in [0.05, 0.1) is 5.56 Å². The van der Waals surface area contributed by atoms with Crippen molar-refractivity contribution in [3.05, 3.63) is 64.2 Å². The van der Waals surface area contributed by atoms with Gasteiger partial charge in [-0.2, -0.15) is 0 Å². The van der Waals surface area contributed by atoms with Gasteiger partial charge in [0.25, 0.3) is 0 Å². The van der Waals surface area contributed by atoms with Crippen molar-refractivity contribution in [2.75, 3.05) is 5.73 Å². The Hall–Kier alpha value is -2.14. The smallest absolute Gasteiger partial charge is 0.338 e. The fraction of sp³-hybridized carbons (Fsp3) is 0.0714. The minimum absolute atomic E-state index is 0.0478. The Morgan fingerprint density at radius 1 is 1.20 bits per heavy atom. The summed E-state index contributed by atoms with van der Waals surface area (Å²) in [4.78, 5) is 11.8. The first-order valence-electron chi connectivity index (χ1n) is 5.63. The van der Waals surface area contributed by atoms with Gasteiger partial charge < -0.3 is 10.5 Å². The maximum absolute atomic E-state index is 13.4. The van der Waals surface area contributed by atoms with E-state index in [4.69, 9.17) is 22.1 Å². The molecule has 2 aromatic carbocycles. The molecule has 104 valence electrons. The molecule has 0 fully saturated rings. The number of hydrogen-bond donors (Lipinski definition) is 1. The lowest BCUT2D eigenvalue weighted by atomic mass is 10.2. The van der Waals surface area contributed by atoms with Crippen molar-refractivity contribution in [1.29, 1.82) is 0 Å². The van der Waals surface area contributed by atoms with Gasteiger partial charge in [-0.1, -0.05) is 11.6 Å². The van der Waals surface area contributed by atoms with E-state index in [9.17, 15) is 13.6 Å². The van der Waals surface area contributed by atoms with Gasteiger partial charge in [-0.25, -0.2) is 13.6 Å². The van der Waals surface area contributed by atoms with Crippen LogP contribution in [0.3, 0.4) is 0 Å². The van der Waals surface area contributed by atoms with Gasteiger partial charge in [-0.05, 0) is 36.4 Å². The van der Waals surface area contributed by atoms with Crippen LogP contribution in [0.15, 0.2) is 36.4 Å². The van der Waals surface area contributed by atoms with Crippen molar-refractivity contribution in [2.45, 2.75) is 6.61 Å². The van der Waals surface area contributed by atoms with E-state index in [-0.39, 0.29) is 22.8 Å². The number of nitrogens with two attached hydrogens (primary N) is 1. The van der Waals surface area contributed by atoms with Gasteiger partial charge in [0.15, 0.2) is 0 Å². The molecule has 0 saturated carbocycles. The zero-order chi connectivity index (χ0) is 14.7. The Morgan fingerprint density at radius 3 is 2.65 bits per heavy atom. The van der Waals surface area contributed by atoms with Crippen LogP contribution in [-0.4, -0.2) is 5.97 Å². The van der Waals surface area contributed by atoms with Crippen LogP contribution in [0, 0.1) is 11.6 Å². The van der Waals surface area contributed by atoms with E-state index in [1.54, 1.807) is 0 Å². The zero-order valence-electron chi connectivity index (χ0n) is 10.2. The summed E-state index contributed by atoms with van der Waals surface area (Å²) < 4.78 is 31.2. The third kappa shape index (κ3) is 3.45. The van der Waals surface area contributed by atoms with Crippen LogP contribution in [0.4, 0.5) is 14.5 Å². The summed E-state index contributed by atoms with van der Waals surface area (Å²) in [6.07, 6.45) is 0. The van der Waals surface area contributed by atoms with E-state index in [1.165, 1.54) is 18.2 Å². The summed E-state index contributed by atoms with van der Waals surface area (Å²) in [5.74, 6) is -1.97. The van der Waals surface area contributed by atoms with E-state index >= 15 is 0 Å². The third-order valence-corrected chi connectivity index (χ3v) is 2.74. The number of benzene rings is 2. The van der Waals surface area contributed by atoms with Crippen molar-refractivity contribution < 1.29 is 18.3 Å². The highest BCUT2D eigenvalue weighted by molar-refractivity contribution is 6.31. The molecular weight excluding hydrogens is 288 g/mol. The Morgan fingerprint density at radius 2 is 1.95 bits per heavy atom. The molecule has 0 aliphatic rings. The molecule has 0 amide bonds. The summed E-state index contributed by atoms with van der Waals surface area (Å²) >= 11 is 5.76. The van der Waals surface area contributed by atoms with Crippen molar-refractivity contribution in [3.8, 4) is 0 Å². The number of halogens is 3. The van der Waals surface area contributed by atoms with Gasteiger partial charge in [-0.15, -0.1) is 0 Å². The van der Waals surface area contributed by atoms with E-state index in [1.807, 2.05) is 0 Å². The van der Waals surface area contributed by atoms with Crippen molar-refractivity contribution in [2.24, 2.45) is 0 Å². The number of anilines is 1. The molecule has 3 nitrogen and oxygen atoms in total. The van der Waals surface area contributed by atoms with Gasteiger partial charge >= 0.3 is 5.97 Å². The quantitative estimate of drug-likeness (QED) is 0.696. The minimum Gasteiger partial charge on any atom is -0.457 e. The molecular formula is C14H10ClF2NO2. The van der Waals surface area contributed by atoms with Gasteiger partial charge in [-0.3, -0.25) is 0 Å². The molecule has 0 aliphatic carbocycles. The van der Waals surface area contributed by atoms with Crippen LogP contribution in [0.1, 0.15) is 15.9 Å². The Bertz CT molecular complexity index is 641. The number of rotatable bonds is 3. The second-order valence-corrected chi connectivity index (χ2v) is 4.52. The first-order valence-corrected chi connectivity index (χ1v) is 6.00.